The summed E-state index contributed by atoms with van der Waals surface area (Å²) in [6.45, 7) is 1.71. The predicted molar refractivity (Wildman–Crippen MR) is 125 cm³/mol. The second kappa shape index (κ2) is 10.8. The zero-order valence-corrected chi connectivity index (χ0v) is 17.9. The molecule has 3 aromatic carbocycles. The van der Waals surface area contributed by atoms with Gasteiger partial charge in [-0.15, -0.1) is 0 Å². The van der Waals surface area contributed by atoms with Gasteiger partial charge in [-0.3, -0.25) is 10.1 Å². The Labute approximate surface area is 190 Å². The van der Waals surface area contributed by atoms with E-state index < -0.39 is 35.6 Å². The van der Waals surface area contributed by atoms with Gasteiger partial charge in [0.2, 0.25) is 5.91 Å². The van der Waals surface area contributed by atoms with Crippen LogP contribution >= 0.6 is 0 Å². The lowest BCUT2D eigenvalue weighted by Gasteiger charge is -2.23. The van der Waals surface area contributed by atoms with E-state index in [9.17, 15) is 19.1 Å². The molecule has 0 aliphatic rings. The van der Waals surface area contributed by atoms with E-state index in [1.807, 2.05) is 0 Å². The predicted octanol–water partition coefficient (Wildman–Crippen LogP) is 5.23. The fourth-order valence-electron chi connectivity index (χ4n) is 3.09. The lowest BCUT2D eigenvalue weighted by Crippen LogP contribution is -2.21. The van der Waals surface area contributed by atoms with Gasteiger partial charge in [-0.2, -0.15) is 0 Å². The molecule has 0 radical (unpaired) electrons. The third-order valence-corrected chi connectivity index (χ3v) is 4.80. The number of amides is 2. The van der Waals surface area contributed by atoms with E-state index in [-0.39, 0.29) is 0 Å². The maximum Gasteiger partial charge on any atom is 0.412 e. The molecule has 0 fully saturated rings. The van der Waals surface area contributed by atoms with Crippen molar-refractivity contribution in [3.63, 3.8) is 0 Å². The lowest BCUT2D eigenvalue weighted by atomic mass is 9.96. The highest BCUT2D eigenvalue weighted by Gasteiger charge is 2.24. The SMILES string of the molecule is C[C@@H](/C=C/C(=O)Nc1ccccc1N)[C@H](OC(=O)Nc1ccccc1)c1ccc(O)c(F)c1. The van der Waals surface area contributed by atoms with Gasteiger partial charge >= 0.3 is 6.09 Å². The highest BCUT2D eigenvalue weighted by molar-refractivity contribution is 6.01. The summed E-state index contributed by atoms with van der Waals surface area (Å²) in [7, 11) is 0. The first-order valence-electron chi connectivity index (χ1n) is 10.2. The van der Waals surface area contributed by atoms with Crippen molar-refractivity contribution in [3.05, 3.63) is 96.3 Å². The molecule has 5 N–H and O–H groups in total. The number of hydrogen-bond acceptors (Lipinski definition) is 5. The Bertz CT molecular complexity index is 1150. The number of carbonyl (C=O) groups is 2. The molecule has 0 spiro atoms. The molecular formula is C25H24FN3O4. The van der Waals surface area contributed by atoms with Crippen LogP contribution in [-0.2, 0) is 9.53 Å². The van der Waals surface area contributed by atoms with Crippen LogP contribution in [0.25, 0.3) is 0 Å². The number of carbonyl (C=O) groups excluding carboxylic acids is 2. The molecule has 0 bridgehead atoms. The van der Waals surface area contributed by atoms with Crippen molar-refractivity contribution in [3.8, 4) is 5.75 Å². The number of hydrogen-bond donors (Lipinski definition) is 4. The lowest BCUT2D eigenvalue weighted by molar-refractivity contribution is -0.111. The zero-order valence-electron chi connectivity index (χ0n) is 17.9. The molecule has 33 heavy (non-hydrogen) atoms. The zero-order chi connectivity index (χ0) is 23.8. The summed E-state index contributed by atoms with van der Waals surface area (Å²) in [5, 5.41) is 14.8. The normalized spacial score (nSPS) is 12.7. The van der Waals surface area contributed by atoms with Gasteiger partial charge < -0.3 is 20.9 Å². The van der Waals surface area contributed by atoms with Crippen molar-refractivity contribution >= 4 is 29.1 Å². The second-order valence-corrected chi connectivity index (χ2v) is 7.32. The second-order valence-electron chi connectivity index (χ2n) is 7.32. The number of benzene rings is 3. The van der Waals surface area contributed by atoms with Gasteiger partial charge in [0.1, 0.15) is 6.10 Å². The topological polar surface area (TPSA) is 114 Å². The molecular weight excluding hydrogens is 425 g/mol. The minimum atomic E-state index is -0.936. The highest BCUT2D eigenvalue weighted by atomic mass is 19.1. The number of halogens is 1. The Balaban J connectivity index is 1.76. The summed E-state index contributed by atoms with van der Waals surface area (Å²) in [6.07, 6.45) is 1.15. The summed E-state index contributed by atoms with van der Waals surface area (Å²) >= 11 is 0. The Morgan fingerprint density at radius 2 is 1.73 bits per heavy atom. The van der Waals surface area contributed by atoms with E-state index >= 15 is 0 Å². The average molecular weight is 449 g/mol. The Kier molecular flexibility index (Phi) is 7.64. The molecule has 0 aromatic heterocycles. The van der Waals surface area contributed by atoms with Gasteiger partial charge in [-0.25, -0.2) is 9.18 Å². The first kappa shape index (κ1) is 23.3. The molecule has 0 saturated carbocycles. The third kappa shape index (κ3) is 6.57. The minimum Gasteiger partial charge on any atom is -0.505 e. The van der Waals surface area contributed by atoms with Crippen molar-refractivity contribution in [1.29, 1.82) is 0 Å². The number of aromatic hydroxyl groups is 1. The van der Waals surface area contributed by atoms with E-state index in [1.54, 1.807) is 67.6 Å². The van der Waals surface area contributed by atoms with Crippen LogP contribution in [0.4, 0.5) is 26.2 Å². The molecule has 2 atom stereocenters. The molecule has 7 nitrogen and oxygen atoms in total. The summed E-state index contributed by atoms with van der Waals surface area (Å²) in [6, 6.07) is 19.3. The smallest absolute Gasteiger partial charge is 0.412 e. The molecule has 8 heteroatoms. The van der Waals surface area contributed by atoms with Crippen LogP contribution in [0, 0.1) is 11.7 Å². The molecule has 3 aromatic rings. The van der Waals surface area contributed by atoms with Crippen LogP contribution in [0.2, 0.25) is 0 Å². The summed E-state index contributed by atoms with van der Waals surface area (Å²) < 4.78 is 19.5. The van der Waals surface area contributed by atoms with Crippen molar-refractivity contribution < 1.29 is 23.8 Å². The number of nitrogens with two attached hydrogens (primary N) is 1. The number of rotatable bonds is 7. The van der Waals surface area contributed by atoms with Crippen molar-refractivity contribution in [2.45, 2.75) is 13.0 Å². The van der Waals surface area contributed by atoms with Crippen LogP contribution in [0.5, 0.6) is 5.75 Å². The van der Waals surface area contributed by atoms with Gasteiger partial charge in [0, 0.05) is 11.6 Å². The monoisotopic (exact) mass is 449 g/mol. The number of para-hydroxylation sites is 3. The first-order chi connectivity index (χ1) is 15.8. The molecule has 0 aliphatic heterocycles. The quantitative estimate of drug-likeness (QED) is 0.291. The number of ether oxygens (including phenoxy) is 1. The van der Waals surface area contributed by atoms with Crippen LogP contribution in [0.1, 0.15) is 18.6 Å². The largest absolute Gasteiger partial charge is 0.505 e. The number of phenols is 1. The van der Waals surface area contributed by atoms with Crippen LogP contribution in [0.15, 0.2) is 84.9 Å². The summed E-state index contributed by atoms with van der Waals surface area (Å²) in [5.41, 5.74) is 7.57. The summed E-state index contributed by atoms with van der Waals surface area (Å²) in [4.78, 5) is 24.8. The third-order valence-electron chi connectivity index (χ3n) is 4.80. The van der Waals surface area contributed by atoms with Gasteiger partial charge in [-0.05, 0) is 48.0 Å². The standard InChI is InChI=1S/C25H24FN3O4/c1-16(11-14-23(31)29-21-10-6-5-9-20(21)27)24(17-12-13-22(30)19(26)15-17)33-25(32)28-18-7-3-2-4-8-18/h2-16,24,30H,27H2,1H3,(H,28,32)(H,29,31)/b14-11+/t16-,24-/m0/s1. The van der Waals surface area contributed by atoms with E-state index in [1.165, 1.54) is 18.2 Å². The maximum atomic E-state index is 14.0. The van der Waals surface area contributed by atoms with Gasteiger partial charge in [-0.1, -0.05) is 49.4 Å². The molecule has 3 rings (SSSR count). The van der Waals surface area contributed by atoms with E-state index in [0.717, 1.165) is 6.07 Å². The van der Waals surface area contributed by atoms with Crippen molar-refractivity contribution in [2.75, 3.05) is 16.4 Å². The fourth-order valence-corrected chi connectivity index (χ4v) is 3.09. The fraction of sp³-hybridized carbons (Fsp3) is 0.120. The van der Waals surface area contributed by atoms with Crippen LogP contribution in [-0.4, -0.2) is 17.1 Å². The Hall–Kier alpha value is -4.33. The van der Waals surface area contributed by atoms with Crippen molar-refractivity contribution in [1.82, 2.24) is 0 Å². The van der Waals surface area contributed by atoms with E-state index in [0.29, 0.717) is 22.6 Å². The Morgan fingerprint density at radius 1 is 1.03 bits per heavy atom. The maximum absolute atomic E-state index is 14.0. The van der Waals surface area contributed by atoms with Crippen LogP contribution < -0.4 is 16.4 Å². The minimum absolute atomic E-state index is 0.318. The number of anilines is 3. The molecule has 0 aliphatic carbocycles. The van der Waals surface area contributed by atoms with Crippen molar-refractivity contribution in [2.24, 2.45) is 5.92 Å². The molecule has 0 saturated heterocycles. The van der Waals surface area contributed by atoms with Gasteiger partial charge in [0.25, 0.3) is 0 Å². The van der Waals surface area contributed by atoms with E-state index in [4.69, 9.17) is 10.5 Å². The highest BCUT2D eigenvalue weighted by Crippen LogP contribution is 2.30. The summed E-state index contributed by atoms with van der Waals surface area (Å²) in [5.74, 6) is -2.31. The number of nitrogen functional groups attached to an aromatic ring is 1. The van der Waals surface area contributed by atoms with Gasteiger partial charge in [0.05, 0.1) is 11.4 Å². The van der Waals surface area contributed by atoms with E-state index in [2.05, 4.69) is 10.6 Å². The molecule has 0 heterocycles. The molecule has 170 valence electrons. The van der Waals surface area contributed by atoms with Crippen LogP contribution in [0.3, 0.4) is 0 Å². The number of nitrogens with one attached hydrogen (secondary N) is 2. The number of phenolic OH excluding ortho intramolecular Hbond substituents is 1. The average Bonchev–Trinajstić information content (AvgIpc) is 2.80. The Morgan fingerprint density at radius 3 is 2.42 bits per heavy atom. The van der Waals surface area contributed by atoms with Gasteiger partial charge in [0.15, 0.2) is 11.6 Å². The molecule has 0 unspecified atom stereocenters. The molecule has 2 amide bonds. The first-order valence-corrected chi connectivity index (χ1v) is 10.2.